The van der Waals surface area contributed by atoms with Crippen molar-refractivity contribution in [2.75, 3.05) is 0 Å². The highest BCUT2D eigenvalue weighted by molar-refractivity contribution is 7.21. The van der Waals surface area contributed by atoms with Crippen molar-refractivity contribution in [1.29, 1.82) is 0 Å². The minimum Gasteiger partial charge on any atom is -0.478 e. The van der Waals surface area contributed by atoms with Gasteiger partial charge in [0.15, 0.2) is 0 Å². The second kappa shape index (κ2) is 4.60. The molecule has 0 aliphatic carbocycles. The van der Waals surface area contributed by atoms with Gasteiger partial charge in [0.05, 0.1) is 20.8 Å². The molecule has 0 aliphatic rings. The molecule has 19 heavy (non-hydrogen) atoms. The number of aromatic nitrogens is 2. The van der Waals surface area contributed by atoms with Crippen LogP contribution in [-0.2, 0) is 0 Å². The average Bonchev–Trinajstić information content (AvgIpc) is 2.81. The molecule has 0 radical (unpaired) electrons. The van der Waals surface area contributed by atoms with E-state index >= 15 is 0 Å². The molecule has 0 fully saturated rings. The molecule has 3 aromatic rings. The third kappa shape index (κ3) is 2.18. The summed E-state index contributed by atoms with van der Waals surface area (Å²) in [6.07, 6.45) is 3.21. The van der Waals surface area contributed by atoms with Crippen molar-refractivity contribution in [2.24, 2.45) is 0 Å². The van der Waals surface area contributed by atoms with Crippen molar-refractivity contribution in [3.05, 3.63) is 47.2 Å². The number of carbonyl (C=O) groups is 1. The van der Waals surface area contributed by atoms with Gasteiger partial charge in [0.1, 0.15) is 5.01 Å². The zero-order valence-corrected chi connectivity index (χ0v) is 11.1. The lowest BCUT2D eigenvalue weighted by molar-refractivity contribution is 0.0697. The number of aromatic carboxylic acids is 1. The summed E-state index contributed by atoms with van der Waals surface area (Å²) in [4.78, 5) is 19.3. The highest BCUT2D eigenvalue weighted by Crippen LogP contribution is 2.34. The van der Waals surface area contributed by atoms with Gasteiger partial charge in [-0.25, -0.2) is 9.78 Å². The lowest BCUT2D eigenvalue weighted by Crippen LogP contribution is -1.94. The lowest BCUT2D eigenvalue weighted by Gasteiger charge is -1.96. The summed E-state index contributed by atoms with van der Waals surface area (Å²) >= 11 is 7.49. The number of pyridine rings is 1. The fourth-order valence-corrected chi connectivity index (χ4v) is 3.03. The number of carboxylic acids is 1. The molecule has 1 aromatic carbocycles. The van der Waals surface area contributed by atoms with Crippen LogP contribution in [0, 0.1) is 0 Å². The first-order valence-electron chi connectivity index (χ1n) is 5.39. The zero-order chi connectivity index (χ0) is 13.4. The van der Waals surface area contributed by atoms with Crippen molar-refractivity contribution in [3.63, 3.8) is 0 Å². The standard InChI is InChI=1S/C13H7ClN2O2S/c14-9-6-15-4-3-8(9)12-16-10-2-1-7(13(17)18)5-11(10)19-12/h1-6H,(H,17,18). The lowest BCUT2D eigenvalue weighted by atomic mass is 10.2. The van der Waals surface area contributed by atoms with Crippen LogP contribution >= 0.6 is 22.9 Å². The van der Waals surface area contributed by atoms with Crippen LogP contribution in [0.3, 0.4) is 0 Å². The van der Waals surface area contributed by atoms with E-state index in [1.54, 1.807) is 36.7 Å². The Morgan fingerprint density at radius 3 is 2.89 bits per heavy atom. The number of thiazole rings is 1. The Kier molecular flexibility index (Phi) is 2.93. The molecule has 0 spiro atoms. The number of rotatable bonds is 2. The summed E-state index contributed by atoms with van der Waals surface area (Å²) in [5.74, 6) is -0.946. The Labute approximate surface area is 117 Å². The van der Waals surface area contributed by atoms with Crippen molar-refractivity contribution in [2.45, 2.75) is 0 Å². The SMILES string of the molecule is O=C(O)c1ccc2nc(-c3ccncc3Cl)sc2c1. The number of fused-ring (bicyclic) bond motifs is 1. The summed E-state index contributed by atoms with van der Waals surface area (Å²) < 4.78 is 0.822. The Bertz CT molecular complexity index is 785. The van der Waals surface area contributed by atoms with Crippen molar-refractivity contribution >= 4 is 39.1 Å². The van der Waals surface area contributed by atoms with Gasteiger partial charge in [-0.1, -0.05) is 11.6 Å². The second-order valence-corrected chi connectivity index (χ2v) is 5.30. The Balaban J connectivity index is 2.17. The third-order valence-corrected chi connectivity index (χ3v) is 3.99. The average molecular weight is 291 g/mol. The summed E-state index contributed by atoms with van der Waals surface area (Å²) in [6.45, 7) is 0. The van der Waals surface area contributed by atoms with E-state index in [4.69, 9.17) is 16.7 Å². The van der Waals surface area contributed by atoms with Gasteiger partial charge in [-0.15, -0.1) is 11.3 Å². The summed E-state index contributed by atoms with van der Waals surface area (Å²) in [5, 5.41) is 10.2. The van der Waals surface area contributed by atoms with Crippen LogP contribution in [0.2, 0.25) is 5.02 Å². The molecule has 0 unspecified atom stereocenters. The molecule has 3 rings (SSSR count). The molecular weight excluding hydrogens is 284 g/mol. The van der Waals surface area contributed by atoms with Crippen LogP contribution in [0.25, 0.3) is 20.8 Å². The van der Waals surface area contributed by atoms with Gasteiger partial charge in [-0.2, -0.15) is 0 Å². The Hall–Kier alpha value is -1.98. The van der Waals surface area contributed by atoms with Crippen LogP contribution in [0.1, 0.15) is 10.4 Å². The maximum Gasteiger partial charge on any atom is 0.335 e. The topological polar surface area (TPSA) is 63.1 Å². The van der Waals surface area contributed by atoms with Crippen LogP contribution in [-0.4, -0.2) is 21.0 Å². The van der Waals surface area contributed by atoms with Gasteiger partial charge in [-0.3, -0.25) is 4.98 Å². The maximum atomic E-state index is 10.9. The van der Waals surface area contributed by atoms with E-state index in [0.717, 1.165) is 20.8 Å². The van der Waals surface area contributed by atoms with E-state index in [0.29, 0.717) is 5.02 Å². The van der Waals surface area contributed by atoms with E-state index in [9.17, 15) is 4.79 Å². The maximum absolute atomic E-state index is 10.9. The largest absolute Gasteiger partial charge is 0.478 e. The molecular formula is C13H7ClN2O2S. The van der Waals surface area contributed by atoms with E-state index in [2.05, 4.69) is 9.97 Å². The number of hydrogen-bond acceptors (Lipinski definition) is 4. The smallest absolute Gasteiger partial charge is 0.335 e. The van der Waals surface area contributed by atoms with Gasteiger partial charge in [0.25, 0.3) is 0 Å². The molecule has 0 saturated heterocycles. The van der Waals surface area contributed by atoms with E-state index in [1.165, 1.54) is 11.3 Å². The van der Waals surface area contributed by atoms with Gasteiger partial charge < -0.3 is 5.11 Å². The van der Waals surface area contributed by atoms with E-state index < -0.39 is 5.97 Å². The molecule has 0 aliphatic heterocycles. The summed E-state index contributed by atoms with van der Waals surface area (Å²) in [6, 6.07) is 6.66. The second-order valence-electron chi connectivity index (χ2n) is 3.86. The number of carboxylic acid groups (broad SMARTS) is 1. The van der Waals surface area contributed by atoms with Crippen molar-refractivity contribution in [3.8, 4) is 10.6 Å². The first-order valence-corrected chi connectivity index (χ1v) is 6.58. The summed E-state index contributed by atoms with van der Waals surface area (Å²) in [5.41, 5.74) is 1.82. The molecule has 0 amide bonds. The number of hydrogen-bond donors (Lipinski definition) is 1. The van der Waals surface area contributed by atoms with Crippen LogP contribution < -0.4 is 0 Å². The van der Waals surface area contributed by atoms with E-state index in [1.807, 2.05) is 0 Å². The molecule has 0 bridgehead atoms. The van der Waals surface area contributed by atoms with Gasteiger partial charge in [-0.05, 0) is 24.3 Å². The van der Waals surface area contributed by atoms with E-state index in [-0.39, 0.29) is 5.56 Å². The quantitative estimate of drug-likeness (QED) is 0.781. The number of nitrogens with zero attached hydrogens (tertiary/aromatic N) is 2. The van der Waals surface area contributed by atoms with Gasteiger partial charge in [0, 0.05) is 18.0 Å². The predicted octanol–water partition coefficient (Wildman–Crippen LogP) is 3.71. The first-order chi connectivity index (χ1) is 9.15. The third-order valence-electron chi connectivity index (χ3n) is 2.64. The van der Waals surface area contributed by atoms with Crippen molar-refractivity contribution < 1.29 is 9.90 Å². The normalized spacial score (nSPS) is 10.8. The Morgan fingerprint density at radius 1 is 1.32 bits per heavy atom. The predicted molar refractivity (Wildman–Crippen MR) is 74.8 cm³/mol. The summed E-state index contributed by atoms with van der Waals surface area (Å²) in [7, 11) is 0. The molecule has 0 saturated carbocycles. The monoisotopic (exact) mass is 290 g/mol. The molecule has 2 heterocycles. The number of benzene rings is 1. The van der Waals surface area contributed by atoms with Crippen LogP contribution in [0.4, 0.5) is 0 Å². The van der Waals surface area contributed by atoms with Gasteiger partial charge in [0.2, 0.25) is 0 Å². The molecule has 1 N–H and O–H groups in total. The van der Waals surface area contributed by atoms with Crippen LogP contribution in [0.15, 0.2) is 36.7 Å². The molecule has 2 aromatic heterocycles. The fraction of sp³-hybridized carbons (Fsp3) is 0. The molecule has 94 valence electrons. The Morgan fingerprint density at radius 2 is 2.16 bits per heavy atom. The van der Waals surface area contributed by atoms with Crippen molar-refractivity contribution in [1.82, 2.24) is 9.97 Å². The zero-order valence-electron chi connectivity index (χ0n) is 9.50. The highest BCUT2D eigenvalue weighted by atomic mass is 35.5. The fourth-order valence-electron chi connectivity index (χ4n) is 1.72. The minimum absolute atomic E-state index is 0.253. The highest BCUT2D eigenvalue weighted by Gasteiger charge is 2.11. The first kappa shape index (κ1) is 12.1. The van der Waals surface area contributed by atoms with Gasteiger partial charge >= 0.3 is 5.97 Å². The minimum atomic E-state index is -0.946. The molecule has 4 nitrogen and oxygen atoms in total. The molecule has 6 heteroatoms. The molecule has 0 atom stereocenters. The number of halogens is 1. The van der Waals surface area contributed by atoms with Crippen LogP contribution in [0.5, 0.6) is 0 Å².